The SMILES string of the molecule is O=C(NCC1CNCC1O)C1CC(=O)N(c2cc(Cl)cc(Cl)c2)C1. The van der Waals surface area contributed by atoms with Crippen LogP contribution in [0.25, 0.3) is 0 Å². The largest absolute Gasteiger partial charge is 0.391 e. The molecule has 0 saturated carbocycles. The average Bonchev–Trinajstić information content (AvgIpc) is 3.10. The number of carbonyl (C=O) groups is 2. The molecule has 2 aliphatic heterocycles. The van der Waals surface area contributed by atoms with Crippen molar-refractivity contribution in [3.63, 3.8) is 0 Å². The molecule has 2 heterocycles. The second-order valence-corrected chi connectivity index (χ2v) is 7.14. The molecular weight excluding hydrogens is 353 g/mol. The van der Waals surface area contributed by atoms with E-state index in [1.165, 1.54) is 4.90 Å². The van der Waals surface area contributed by atoms with Gasteiger partial charge in [-0.3, -0.25) is 9.59 Å². The Hall–Kier alpha value is -1.34. The Balaban J connectivity index is 1.60. The maximum absolute atomic E-state index is 12.3. The highest BCUT2D eigenvalue weighted by Crippen LogP contribution is 2.30. The minimum atomic E-state index is -0.444. The first-order valence-electron chi connectivity index (χ1n) is 7.87. The predicted molar refractivity (Wildman–Crippen MR) is 92.3 cm³/mol. The molecule has 3 rings (SSSR count). The topological polar surface area (TPSA) is 81.7 Å². The van der Waals surface area contributed by atoms with Crippen molar-refractivity contribution in [2.75, 3.05) is 31.1 Å². The number of rotatable bonds is 4. The average molecular weight is 372 g/mol. The third kappa shape index (κ3) is 3.83. The van der Waals surface area contributed by atoms with Crippen molar-refractivity contribution in [2.24, 2.45) is 11.8 Å². The summed E-state index contributed by atoms with van der Waals surface area (Å²) in [6, 6.07) is 4.91. The van der Waals surface area contributed by atoms with Crippen LogP contribution in [0.15, 0.2) is 18.2 Å². The minimum Gasteiger partial charge on any atom is -0.391 e. The van der Waals surface area contributed by atoms with Crippen molar-refractivity contribution in [1.82, 2.24) is 10.6 Å². The van der Waals surface area contributed by atoms with Crippen LogP contribution in [0.5, 0.6) is 0 Å². The molecule has 8 heteroatoms. The number of carbonyl (C=O) groups excluding carboxylic acids is 2. The van der Waals surface area contributed by atoms with Crippen LogP contribution in [0.1, 0.15) is 6.42 Å². The molecular formula is C16H19Cl2N3O3. The molecule has 1 aromatic rings. The van der Waals surface area contributed by atoms with Gasteiger partial charge in [-0.15, -0.1) is 0 Å². The summed E-state index contributed by atoms with van der Waals surface area (Å²) in [6.45, 7) is 1.93. The molecule has 0 aliphatic carbocycles. The van der Waals surface area contributed by atoms with E-state index in [9.17, 15) is 14.7 Å². The number of nitrogens with one attached hydrogen (secondary N) is 2. The van der Waals surface area contributed by atoms with Crippen LogP contribution in [0.3, 0.4) is 0 Å². The molecule has 6 nitrogen and oxygen atoms in total. The molecule has 3 unspecified atom stereocenters. The lowest BCUT2D eigenvalue weighted by Gasteiger charge is -2.18. The first-order valence-corrected chi connectivity index (χ1v) is 8.62. The predicted octanol–water partition coefficient (Wildman–Crippen LogP) is 1.04. The Morgan fingerprint density at radius 1 is 1.29 bits per heavy atom. The molecule has 3 atom stereocenters. The summed E-state index contributed by atoms with van der Waals surface area (Å²) < 4.78 is 0. The maximum atomic E-state index is 12.3. The van der Waals surface area contributed by atoms with Crippen molar-refractivity contribution < 1.29 is 14.7 Å². The second kappa shape index (κ2) is 7.27. The van der Waals surface area contributed by atoms with Crippen LogP contribution >= 0.6 is 23.2 Å². The van der Waals surface area contributed by atoms with Gasteiger partial charge in [-0.25, -0.2) is 0 Å². The number of anilines is 1. The van der Waals surface area contributed by atoms with Gasteiger partial charge in [0.2, 0.25) is 11.8 Å². The molecule has 2 fully saturated rings. The summed E-state index contributed by atoms with van der Waals surface area (Å²) in [5.74, 6) is -0.704. The Bertz CT molecular complexity index is 635. The van der Waals surface area contributed by atoms with Gasteiger partial charge in [0.1, 0.15) is 0 Å². The number of hydrogen-bond acceptors (Lipinski definition) is 4. The fourth-order valence-electron chi connectivity index (χ4n) is 3.13. The quantitative estimate of drug-likeness (QED) is 0.738. The highest BCUT2D eigenvalue weighted by Gasteiger charge is 2.36. The molecule has 3 N–H and O–H groups in total. The third-order valence-corrected chi connectivity index (χ3v) is 4.93. The Kier molecular flexibility index (Phi) is 5.30. The lowest BCUT2D eigenvalue weighted by atomic mass is 10.0. The zero-order valence-electron chi connectivity index (χ0n) is 13.0. The van der Waals surface area contributed by atoms with Crippen molar-refractivity contribution in [2.45, 2.75) is 12.5 Å². The number of nitrogens with zero attached hydrogens (tertiary/aromatic N) is 1. The summed E-state index contributed by atoms with van der Waals surface area (Å²) >= 11 is 12.0. The Morgan fingerprint density at radius 3 is 2.62 bits per heavy atom. The fourth-order valence-corrected chi connectivity index (χ4v) is 3.65. The van der Waals surface area contributed by atoms with Crippen LogP contribution in [-0.4, -0.2) is 49.2 Å². The molecule has 0 aromatic heterocycles. The fraction of sp³-hybridized carbons (Fsp3) is 0.500. The van der Waals surface area contributed by atoms with Gasteiger partial charge < -0.3 is 20.6 Å². The van der Waals surface area contributed by atoms with Crippen molar-refractivity contribution in [3.05, 3.63) is 28.2 Å². The van der Waals surface area contributed by atoms with E-state index >= 15 is 0 Å². The van der Waals surface area contributed by atoms with E-state index < -0.39 is 12.0 Å². The summed E-state index contributed by atoms with van der Waals surface area (Å²) in [5, 5.41) is 16.6. The number of aliphatic hydroxyl groups excluding tert-OH is 1. The first kappa shape index (κ1) is 17.5. The molecule has 0 radical (unpaired) electrons. The first-order chi connectivity index (χ1) is 11.4. The number of amides is 2. The van der Waals surface area contributed by atoms with Gasteiger partial charge in [-0.1, -0.05) is 23.2 Å². The number of benzene rings is 1. The van der Waals surface area contributed by atoms with E-state index in [-0.39, 0.29) is 24.2 Å². The molecule has 2 amide bonds. The van der Waals surface area contributed by atoms with Gasteiger partial charge >= 0.3 is 0 Å². The van der Waals surface area contributed by atoms with Crippen LogP contribution < -0.4 is 15.5 Å². The molecule has 24 heavy (non-hydrogen) atoms. The van der Waals surface area contributed by atoms with E-state index in [2.05, 4.69) is 10.6 Å². The molecule has 2 aliphatic rings. The number of aliphatic hydroxyl groups is 1. The minimum absolute atomic E-state index is 0.00824. The van der Waals surface area contributed by atoms with Gasteiger partial charge in [0.25, 0.3) is 0 Å². The van der Waals surface area contributed by atoms with Crippen LogP contribution in [0.2, 0.25) is 10.0 Å². The van der Waals surface area contributed by atoms with Crippen molar-refractivity contribution in [1.29, 1.82) is 0 Å². The van der Waals surface area contributed by atoms with Crippen LogP contribution in [0.4, 0.5) is 5.69 Å². The van der Waals surface area contributed by atoms with Gasteiger partial charge in [0.15, 0.2) is 0 Å². The molecule has 2 saturated heterocycles. The Labute approximate surface area is 150 Å². The number of β-amino-alcohol motifs (C(OH)–C–C–N with tert-alkyl or cyclic N) is 1. The standard InChI is InChI=1S/C16H19Cl2N3O3/c17-11-2-12(18)4-13(3-11)21-8-9(1-15(21)23)16(24)20-6-10-5-19-7-14(10)22/h2-4,9-10,14,19,22H,1,5-8H2,(H,20,24). The molecule has 1 aromatic carbocycles. The molecule has 0 bridgehead atoms. The van der Waals surface area contributed by atoms with E-state index in [0.29, 0.717) is 41.9 Å². The van der Waals surface area contributed by atoms with E-state index in [4.69, 9.17) is 23.2 Å². The third-order valence-electron chi connectivity index (χ3n) is 4.50. The van der Waals surface area contributed by atoms with Gasteiger partial charge in [0, 0.05) is 54.3 Å². The van der Waals surface area contributed by atoms with Crippen molar-refractivity contribution >= 4 is 40.7 Å². The van der Waals surface area contributed by atoms with Crippen LogP contribution in [-0.2, 0) is 9.59 Å². The van der Waals surface area contributed by atoms with Gasteiger partial charge in [-0.2, -0.15) is 0 Å². The summed E-state index contributed by atoms with van der Waals surface area (Å²) in [5.41, 5.74) is 0.600. The Morgan fingerprint density at radius 2 is 2.00 bits per heavy atom. The number of halogens is 2. The highest BCUT2D eigenvalue weighted by molar-refractivity contribution is 6.35. The number of hydrogen-bond donors (Lipinski definition) is 3. The van der Waals surface area contributed by atoms with E-state index in [1.54, 1.807) is 18.2 Å². The lowest BCUT2D eigenvalue weighted by Crippen LogP contribution is -2.38. The van der Waals surface area contributed by atoms with Gasteiger partial charge in [0.05, 0.1) is 12.0 Å². The normalized spacial score (nSPS) is 26.9. The monoisotopic (exact) mass is 371 g/mol. The second-order valence-electron chi connectivity index (χ2n) is 6.26. The smallest absolute Gasteiger partial charge is 0.227 e. The van der Waals surface area contributed by atoms with E-state index in [1.807, 2.05) is 0 Å². The molecule has 0 spiro atoms. The summed E-state index contributed by atoms with van der Waals surface area (Å²) in [4.78, 5) is 26.1. The van der Waals surface area contributed by atoms with Gasteiger partial charge in [-0.05, 0) is 18.2 Å². The van der Waals surface area contributed by atoms with E-state index in [0.717, 1.165) is 0 Å². The van der Waals surface area contributed by atoms with Crippen molar-refractivity contribution in [3.8, 4) is 0 Å². The lowest BCUT2D eigenvalue weighted by molar-refractivity contribution is -0.126. The molecule has 130 valence electrons. The van der Waals surface area contributed by atoms with Crippen LogP contribution in [0, 0.1) is 11.8 Å². The highest BCUT2D eigenvalue weighted by atomic mass is 35.5. The maximum Gasteiger partial charge on any atom is 0.227 e. The summed E-state index contributed by atoms with van der Waals surface area (Å²) in [7, 11) is 0. The summed E-state index contributed by atoms with van der Waals surface area (Å²) in [6.07, 6.45) is -0.290. The zero-order valence-corrected chi connectivity index (χ0v) is 14.5. The zero-order chi connectivity index (χ0) is 17.3.